The molecule has 17 heavy (non-hydrogen) atoms. The van der Waals surface area contributed by atoms with Gasteiger partial charge in [0, 0.05) is 24.3 Å². The van der Waals surface area contributed by atoms with E-state index in [9.17, 15) is 9.90 Å². The molecule has 3 heteroatoms. The van der Waals surface area contributed by atoms with Crippen molar-refractivity contribution in [2.75, 3.05) is 11.4 Å². The van der Waals surface area contributed by atoms with Gasteiger partial charge in [-0.1, -0.05) is 0 Å². The lowest BCUT2D eigenvalue weighted by Crippen LogP contribution is -2.37. The maximum atomic E-state index is 11.2. The number of hydrogen-bond donors (Lipinski definition) is 1. The lowest BCUT2D eigenvalue weighted by Gasteiger charge is -2.35. The van der Waals surface area contributed by atoms with Crippen LogP contribution in [-0.2, 0) is 0 Å². The van der Waals surface area contributed by atoms with Crippen molar-refractivity contribution in [1.29, 1.82) is 0 Å². The third kappa shape index (κ3) is 2.43. The van der Waals surface area contributed by atoms with Gasteiger partial charge in [0.2, 0.25) is 0 Å². The number of piperidine rings is 1. The van der Waals surface area contributed by atoms with E-state index in [4.69, 9.17) is 0 Å². The second-order valence-electron chi connectivity index (χ2n) is 4.80. The number of ketones is 1. The summed E-state index contributed by atoms with van der Waals surface area (Å²) in [6, 6.07) is 5.86. The summed E-state index contributed by atoms with van der Waals surface area (Å²) in [5.74, 6) is -0.00600. The fraction of sp³-hybridized carbons (Fsp3) is 0.500. The summed E-state index contributed by atoms with van der Waals surface area (Å²) in [4.78, 5) is 13.5. The number of nitrogens with zero attached hydrogens (tertiary/aromatic N) is 1. The molecule has 1 N–H and O–H groups in total. The molecule has 1 aromatic rings. The van der Waals surface area contributed by atoms with Crippen LogP contribution in [0.15, 0.2) is 18.2 Å². The summed E-state index contributed by atoms with van der Waals surface area (Å²) in [6.45, 7) is 4.70. The second kappa shape index (κ2) is 4.78. The van der Waals surface area contributed by atoms with Crippen molar-refractivity contribution >= 4 is 11.5 Å². The van der Waals surface area contributed by atoms with E-state index in [1.54, 1.807) is 12.1 Å². The number of carbonyl (C=O) groups excluding carboxylic acids is 1. The van der Waals surface area contributed by atoms with Gasteiger partial charge in [-0.05, 0) is 45.2 Å². The van der Waals surface area contributed by atoms with Gasteiger partial charge in [0.25, 0.3) is 0 Å². The third-order valence-corrected chi connectivity index (χ3v) is 3.50. The average molecular weight is 233 g/mol. The number of phenolic OH excluding ortho intramolecular Hbond substituents is 1. The van der Waals surface area contributed by atoms with Crippen molar-refractivity contribution in [3.8, 4) is 5.75 Å². The zero-order valence-corrected chi connectivity index (χ0v) is 10.4. The van der Waals surface area contributed by atoms with E-state index in [1.165, 1.54) is 26.2 Å². The quantitative estimate of drug-likeness (QED) is 0.798. The Morgan fingerprint density at radius 3 is 2.76 bits per heavy atom. The maximum absolute atomic E-state index is 11.2. The van der Waals surface area contributed by atoms with Crippen LogP contribution in [0.5, 0.6) is 5.75 Å². The van der Waals surface area contributed by atoms with Gasteiger partial charge in [-0.2, -0.15) is 0 Å². The van der Waals surface area contributed by atoms with Crippen molar-refractivity contribution < 1.29 is 9.90 Å². The van der Waals surface area contributed by atoms with Crippen molar-refractivity contribution in [2.24, 2.45) is 0 Å². The van der Waals surface area contributed by atoms with Gasteiger partial charge >= 0.3 is 0 Å². The highest BCUT2D eigenvalue weighted by atomic mass is 16.3. The first kappa shape index (κ1) is 12.0. The van der Waals surface area contributed by atoms with Gasteiger partial charge in [0.05, 0.1) is 5.56 Å². The molecule has 1 saturated heterocycles. The van der Waals surface area contributed by atoms with E-state index in [1.807, 2.05) is 6.07 Å². The number of aromatic hydroxyl groups is 1. The van der Waals surface area contributed by atoms with E-state index in [0.717, 1.165) is 12.2 Å². The lowest BCUT2D eigenvalue weighted by atomic mass is 10.0. The number of phenols is 1. The molecule has 0 saturated carbocycles. The third-order valence-electron chi connectivity index (χ3n) is 3.50. The Balaban J connectivity index is 2.27. The molecule has 1 aliphatic heterocycles. The van der Waals surface area contributed by atoms with Gasteiger partial charge in [0.15, 0.2) is 5.78 Å². The topological polar surface area (TPSA) is 40.5 Å². The van der Waals surface area contributed by atoms with Gasteiger partial charge in [0.1, 0.15) is 5.75 Å². The van der Waals surface area contributed by atoms with E-state index in [2.05, 4.69) is 11.8 Å². The molecule has 1 fully saturated rings. The molecule has 1 aliphatic rings. The molecule has 0 amide bonds. The molecule has 1 heterocycles. The number of hydrogen-bond acceptors (Lipinski definition) is 3. The Labute approximate surface area is 102 Å². The average Bonchev–Trinajstić information content (AvgIpc) is 2.29. The highest BCUT2D eigenvalue weighted by molar-refractivity contribution is 5.97. The molecule has 0 aliphatic carbocycles. The number of anilines is 1. The molecule has 0 bridgehead atoms. The van der Waals surface area contributed by atoms with Crippen LogP contribution in [0.2, 0.25) is 0 Å². The predicted molar refractivity (Wildman–Crippen MR) is 68.8 cm³/mol. The minimum Gasteiger partial charge on any atom is -0.507 e. The lowest BCUT2D eigenvalue weighted by molar-refractivity contribution is 0.101. The SMILES string of the molecule is CC(=O)c1ccc(N2CCCCC2C)cc1O. The molecule has 0 radical (unpaired) electrons. The standard InChI is InChI=1S/C14H19NO2/c1-10-5-3-4-8-15(10)12-6-7-13(11(2)16)14(17)9-12/h6-7,9-10,17H,3-5,8H2,1-2H3. The van der Waals surface area contributed by atoms with Crippen molar-refractivity contribution in [2.45, 2.75) is 39.2 Å². The number of carbonyl (C=O) groups is 1. The van der Waals surface area contributed by atoms with Crippen molar-refractivity contribution in [3.63, 3.8) is 0 Å². The van der Waals surface area contributed by atoms with Gasteiger partial charge < -0.3 is 10.0 Å². The van der Waals surface area contributed by atoms with Crippen LogP contribution in [-0.4, -0.2) is 23.5 Å². The minimum absolute atomic E-state index is 0.0905. The molecule has 3 nitrogen and oxygen atoms in total. The van der Waals surface area contributed by atoms with Crippen LogP contribution in [0, 0.1) is 0 Å². The Hall–Kier alpha value is -1.51. The van der Waals surface area contributed by atoms with E-state index < -0.39 is 0 Å². The molecule has 2 rings (SSSR count). The van der Waals surface area contributed by atoms with Gasteiger partial charge in [-0.25, -0.2) is 0 Å². The summed E-state index contributed by atoms with van der Waals surface area (Å²) in [5, 5.41) is 9.83. The molecule has 0 aromatic heterocycles. The van der Waals surface area contributed by atoms with Gasteiger partial charge in [-0.15, -0.1) is 0 Å². The fourth-order valence-electron chi connectivity index (χ4n) is 2.48. The van der Waals surface area contributed by atoms with Crippen LogP contribution < -0.4 is 4.90 Å². The number of rotatable bonds is 2. The molecule has 92 valence electrons. The summed E-state index contributed by atoms with van der Waals surface area (Å²) >= 11 is 0. The van der Waals surface area contributed by atoms with Crippen LogP contribution in [0.1, 0.15) is 43.5 Å². The second-order valence-corrected chi connectivity index (χ2v) is 4.80. The van der Waals surface area contributed by atoms with Crippen LogP contribution >= 0.6 is 0 Å². The Kier molecular flexibility index (Phi) is 3.36. The first-order valence-electron chi connectivity index (χ1n) is 6.20. The maximum Gasteiger partial charge on any atom is 0.163 e. The fourth-order valence-corrected chi connectivity index (χ4v) is 2.48. The Bertz CT molecular complexity index is 428. The number of benzene rings is 1. The molecule has 1 aromatic carbocycles. The van der Waals surface area contributed by atoms with Crippen molar-refractivity contribution in [3.05, 3.63) is 23.8 Å². The highest BCUT2D eigenvalue weighted by Crippen LogP contribution is 2.29. The summed E-state index contributed by atoms with van der Waals surface area (Å²) in [6.07, 6.45) is 3.66. The summed E-state index contributed by atoms with van der Waals surface area (Å²) in [5.41, 5.74) is 1.41. The van der Waals surface area contributed by atoms with Crippen LogP contribution in [0.4, 0.5) is 5.69 Å². The van der Waals surface area contributed by atoms with E-state index in [0.29, 0.717) is 11.6 Å². The normalized spacial score (nSPS) is 20.4. The molecular weight excluding hydrogens is 214 g/mol. The minimum atomic E-state index is -0.0965. The van der Waals surface area contributed by atoms with E-state index in [-0.39, 0.29) is 11.5 Å². The van der Waals surface area contributed by atoms with Crippen LogP contribution in [0.3, 0.4) is 0 Å². The van der Waals surface area contributed by atoms with E-state index >= 15 is 0 Å². The summed E-state index contributed by atoms with van der Waals surface area (Å²) in [7, 11) is 0. The highest BCUT2D eigenvalue weighted by Gasteiger charge is 2.19. The zero-order chi connectivity index (χ0) is 12.4. The predicted octanol–water partition coefficient (Wildman–Crippen LogP) is 2.97. The molecular formula is C14H19NO2. The Morgan fingerprint density at radius 1 is 1.41 bits per heavy atom. The number of Topliss-reactive ketones (excluding diaryl/α,β-unsaturated/α-hetero) is 1. The Morgan fingerprint density at radius 2 is 2.18 bits per heavy atom. The monoisotopic (exact) mass is 233 g/mol. The van der Waals surface area contributed by atoms with Crippen LogP contribution in [0.25, 0.3) is 0 Å². The summed E-state index contributed by atoms with van der Waals surface area (Å²) < 4.78 is 0. The zero-order valence-electron chi connectivity index (χ0n) is 10.4. The molecule has 0 spiro atoms. The smallest absolute Gasteiger partial charge is 0.163 e. The first-order chi connectivity index (χ1) is 8.09. The van der Waals surface area contributed by atoms with Crippen molar-refractivity contribution in [1.82, 2.24) is 0 Å². The molecule has 1 unspecified atom stereocenters. The largest absolute Gasteiger partial charge is 0.507 e. The molecule has 1 atom stereocenters. The first-order valence-corrected chi connectivity index (χ1v) is 6.20. The van der Waals surface area contributed by atoms with Gasteiger partial charge in [-0.3, -0.25) is 4.79 Å².